The first kappa shape index (κ1) is 13.0. The molecule has 0 nitrogen and oxygen atoms in total. The molecule has 2 aromatic rings. The van der Waals surface area contributed by atoms with E-state index in [0.717, 1.165) is 0 Å². The first-order valence-corrected chi connectivity index (χ1v) is 7.24. The minimum Gasteiger partial charge on any atom is -0.126 e. The quantitative estimate of drug-likeness (QED) is 0.672. The lowest BCUT2D eigenvalue weighted by Crippen LogP contribution is -2.11. The van der Waals surface area contributed by atoms with Gasteiger partial charge in [0.15, 0.2) is 0 Å². The third kappa shape index (κ3) is 2.24. The Morgan fingerprint density at radius 2 is 1.45 bits per heavy atom. The molecule has 100 valence electrons. The lowest BCUT2D eigenvalue weighted by Gasteiger charge is -2.17. The maximum Gasteiger partial charge on any atom is 0.0278 e. The molecular weight excluding hydrogens is 240 g/mol. The Bertz CT molecular complexity index is 599. The molecule has 0 aliphatic heterocycles. The molecule has 0 amide bonds. The third-order valence-electron chi connectivity index (χ3n) is 4.17. The van der Waals surface area contributed by atoms with Gasteiger partial charge in [0.25, 0.3) is 0 Å². The molecule has 1 atom stereocenters. The van der Waals surface area contributed by atoms with Gasteiger partial charge in [0.05, 0.1) is 0 Å². The van der Waals surface area contributed by atoms with E-state index in [1.54, 1.807) is 0 Å². The summed E-state index contributed by atoms with van der Waals surface area (Å²) in [5.74, 6) is 0.558. The monoisotopic (exact) mass is 260 g/mol. The Morgan fingerprint density at radius 3 is 1.90 bits per heavy atom. The van der Waals surface area contributed by atoms with Crippen LogP contribution in [0.15, 0.2) is 78.0 Å². The van der Waals surface area contributed by atoms with Gasteiger partial charge in [0.2, 0.25) is 0 Å². The standard InChI is InChI=1S/C20H20/c1-16(2)13-14-19-15-20(19,17-9-5-3-6-10-17)18-11-7-4-8-12-18/h3-12,14,19H,15H2,1-2H3. The summed E-state index contributed by atoms with van der Waals surface area (Å²) in [4.78, 5) is 0. The second kappa shape index (κ2) is 5.15. The van der Waals surface area contributed by atoms with Crippen molar-refractivity contribution >= 4 is 0 Å². The molecule has 1 fully saturated rings. The molecule has 0 heterocycles. The number of benzene rings is 2. The van der Waals surface area contributed by atoms with E-state index in [-0.39, 0.29) is 5.41 Å². The van der Waals surface area contributed by atoms with E-state index in [1.807, 2.05) is 0 Å². The minimum atomic E-state index is 0.158. The summed E-state index contributed by atoms with van der Waals surface area (Å²) in [6, 6.07) is 21.7. The highest BCUT2D eigenvalue weighted by Gasteiger charge is 2.54. The highest BCUT2D eigenvalue weighted by Crippen LogP contribution is 2.59. The largest absolute Gasteiger partial charge is 0.126 e. The second-order valence-corrected chi connectivity index (χ2v) is 5.83. The fourth-order valence-electron chi connectivity index (χ4n) is 3.06. The Labute approximate surface area is 121 Å². The number of hydrogen-bond acceptors (Lipinski definition) is 0. The summed E-state index contributed by atoms with van der Waals surface area (Å²) in [5, 5.41) is 0. The van der Waals surface area contributed by atoms with Crippen LogP contribution in [0.3, 0.4) is 0 Å². The first-order chi connectivity index (χ1) is 9.73. The van der Waals surface area contributed by atoms with Crippen molar-refractivity contribution < 1.29 is 0 Å². The summed E-state index contributed by atoms with van der Waals surface area (Å²) in [6.07, 6.45) is 3.44. The van der Waals surface area contributed by atoms with Gasteiger partial charge in [-0.2, -0.15) is 0 Å². The Morgan fingerprint density at radius 1 is 0.950 bits per heavy atom. The molecule has 1 aliphatic carbocycles. The van der Waals surface area contributed by atoms with Crippen molar-refractivity contribution in [1.82, 2.24) is 0 Å². The molecule has 20 heavy (non-hydrogen) atoms. The SMILES string of the molecule is CC(C)=C=CC1CC1(c1ccccc1)c1ccccc1. The van der Waals surface area contributed by atoms with Crippen molar-refractivity contribution in [3.8, 4) is 0 Å². The average Bonchev–Trinajstić information content (AvgIpc) is 3.23. The van der Waals surface area contributed by atoms with Crippen LogP contribution in [0.25, 0.3) is 0 Å². The van der Waals surface area contributed by atoms with Crippen LogP contribution in [0.4, 0.5) is 0 Å². The topological polar surface area (TPSA) is 0 Å². The van der Waals surface area contributed by atoms with Gasteiger partial charge >= 0.3 is 0 Å². The van der Waals surface area contributed by atoms with Crippen molar-refractivity contribution in [2.75, 3.05) is 0 Å². The van der Waals surface area contributed by atoms with Crippen molar-refractivity contribution in [3.05, 3.63) is 89.2 Å². The van der Waals surface area contributed by atoms with E-state index in [1.165, 1.54) is 23.1 Å². The zero-order valence-corrected chi connectivity index (χ0v) is 12.1. The Kier molecular flexibility index (Phi) is 3.34. The summed E-state index contributed by atoms with van der Waals surface area (Å²) in [5.41, 5.74) is 7.63. The fraction of sp³-hybridized carbons (Fsp3) is 0.250. The number of hydrogen-bond donors (Lipinski definition) is 0. The molecule has 0 aromatic heterocycles. The van der Waals surface area contributed by atoms with Crippen molar-refractivity contribution in [2.45, 2.75) is 25.7 Å². The van der Waals surface area contributed by atoms with Gasteiger partial charge in [0.1, 0.15) is 0 Å². The van der Waals surface area contributed by atoms with Crippen molar-refractivity contribution in [3.63, 3.8) is 0 Å². The van der Waals surface area contributed by atoms with Gasteiger partial charge in [-0.05, 0) is 49.0 Å². The van der Waals surface area contributed by atoms with Gasteiger partial charge in [-0.1, -0.05) is 60.7 Å². The van der Waals surface area contributed by atoms with Crippen LogP contribution in [0, 0.1) is 5.92 Å². The number of rotatable bonds is 3. The van der Waals surface area contributed by atoms with Gasteiger partial charge in [-0.25, -0.2) is 0 Å². The van der Waals surface area contributed by atoms with Crippen LogP contribution in [-0.2, 0) is 5.41 Å². The molecule has 1 aliphatic rings. The average molecular weight is 260 g/mol. The van der Waals surface area contributed by atoms with E-state index in [4.69, 9.17) is 0 Å². The molecule has 0 N–H and O–H groups in total. The van der Waals surface area contributed by atoms with E-state index < -0.39 is 0 Å². The van der Waals surface area contributed by atoms with Crippen LogP contribution in [0.2, 0.25) is 0 Å². The molecule has 1 saturated carbocycles. The number of allylic oxidation sites excluding steroid dienone is 1. The zero-order valence-electron chi connectivity index (χ0n) is 12.1. The molecule has 0 spiro atoms. The summed E-state index contributed by atoms with van der Waals surface area (Å²) < 4.78 is 0. The Hall–Kier alpha value is -2.04. The lowest BCUT2D eigenvalue weighted by atomic mass is 9.86. The molecule has 3 rings (SSSR count). The first-order valence-electron chi connectivity index (χ1n) is 7.24. The van der Waals surface area contributed by atoms with Crippen LogP contribution in [0.5, 0.6) is 0 Å². The van der Waals surface area contributed by atoms with Gasteiger partial charge in [-0.3, -0.25) is 0 Å². The Balaban J connectivity index is 2.06. The maximum atomic E-state index is 3.39. The van der Waals surface area contributed by atoms with Crippen LogP contribution >= 0.6 is 0 Å². The molecule has 0 radical (unpaired) electrons. The van der Waals surface area contributed by atoms with E-state index in [9.17, 15) is 0 Å². The third-order valence-corrected chi connectivity index (χ3v) is 4.17. The van der Waals surface area contributed by atoms with Crippen molar-refractivity contribution in [1.29, 1.82) is 0 Å². The summed E-state index contributed by atoms with van der Waals surface area (Å²) >= 11 is 0. The van der Waals surface area contributed by atoms with Gasteiger partial charge in [-0.15, -0.1) is 5.73 Å². The molecule has 1 unspecified atom stereocenters. The molecule has 2 aromatic carbocycles. The van der Waals surface area contributed by atoms with E-state index in [2.05, 4.69) is 86.3 Å². The predicted molar refractivity (Wildman–Crippen MR) is 84.7 cm³/mol. The lowest BCUT2D eigenvalue weighted by molar-refractivity contribution is 0.790. The van der Waals surface area contributed by atoms with E-state index in [0.29, 0.717) is 5.92 Å². The van der Waals surface area contributed by atoms with Gasteiger partial charge in [0, 0.05) is 5.41 Å². The smallest absolute Gasteiger partial charge is 0.0278 e. The molecule has 0 saturated heterocycles. The highest BCUT2D eigenvalue weighted by atomic mass is 14.6. The van der Waals surface area contributed by atoms with Gasteiger partial charge < -0.3 is 0 Å². The fourth-order valence-corrected chi connectivity index (χ4v) is 3.06. The summed E-state index contributed by atoms with van der Waals surface area (Å²) in [6.45, 7) is 4.21. The molecule has 0 bridgehead atoms. The predicted octanol–water partition coefficient (Wildman–Crippen LogP) is 5.11. The second-order valence-electron chi connectivity index (χ2n) is 5.83. The normalized spacial score (nSPS) is 19.0. The minimum absolute atomic E-state index is 0.158. The zero-order chi connectivity index (χ0) is 14.0. The highest BCUT2D eigenvalue weighted by molar-refractivity contribution is 5.48. The van der Waals surface area contributed by atoms with Crippen molar-refractivity contribution in [2.24, 2.45) is 5.92 Å². The molecular formula is C20H20. The maximum absolute atomic E-state index is 3.39. The molecule has 0 heteroatoms. The van der Waals surface area contributed by atoms with Crippen LogP contribution in [0.1, 0.15) is 31.4 Å². The summed E-state index contributed by atoms with van der Waals surface area (Å²) in [7, 11) is 0. The van der Waals surface area contributed by atoms with Crippen LogP contribution in [-0.4, -0.2) is 0 Å². The van der Waals surface area contributed by atoms with E-state index >= 15 is 0 Å². The van der Waals surface area contributed by atoms with Crippen LogP contribution < -0.4 is 0 Å².